The van der Waals surface area contributed by atoms with Gasteiger partial charge in [-0.3, -0.25) is 4.68 Å². The number of halogens is 1. The number of aromatic nitrogens is 2. The fraction of sp³-hybridized carbons (Fsp3) is 0.500. The molecule has 0 aliphatic rings. The molecule has 7 heteroatoms. The Labute approximate surface area is 179 Å². The number of rotatable bonds is 7. The molecule has 0 amide bonds. The van der Waals surface area contributed by atoms with Crippen molar-refractivity contribution < 1.29 is 5.11 Å². The highest BCUT2D eigenvalue weighted by atomic mass is 127. The fourth-order valence-electron chi connectivity index (χ4n) is 2.63. The van der Waals surface area contributed by atoms with E-state index in [0.29, 0.717) is 11.9 Å². The number of guanidine groups is 1. The van der Waals surface area contributed by atoms with E-state index in [1.807, 2.05) is 20.2 Å². The average Bonchev–Trinajstić information content (AvgIpc) is 3.05. The minimum Gasteiger partial charge on any atom is -0.383 e. The Balaban J connectivity index is 0.00000364. The van der Waals surface area contributed by atoms with Gasteiger partial charge in [0.15, 0.2) is 5.96 Å². The molecule has 0 saturated carbocycles. The molecule has 27 heavy (non-hydrogen) atoms. The molecule has 150 valence electrons. The summed E-state index contributed by atoms with van der Waals surface area (Å²) in [5.74, 6) is 1.06. The molecule has 1 heterocycles. The molecule has 0 bridgehead atoms. The van der Waals surface area contributed by atoms with E-state index in [0.717, 1.165) is 18.7 Å². The zero-order valence-corrected chi connectivity index (χ0v) is 19.2. The van der Waals surface area contributed by atoms with Gasteiger partial charge >= 0.3 is 0 Å². The Bertz CT molecular complexity index is 724. The lowest BCUT2D eigenvalue weighted by Gasteiger charge is -2.21. The largest absolute Gasteiger partial charge is 0.383 e. The van der Waals surface area contributed by atoms with Crippen LogP contribution in [0.1, 0.15) is 43.4 Å². The maximum atomic E-state index is 10.7. The van der Waals surface area contributed by atoms with Crippen molar-refractivity contribution in [3.05, 3.63) is 53.3 Å². The van der Waals surface area contributed by atoms with E-state index in [1.54, 1.807) is 17.8 Å². The highest BCUT2D eigenvalue weighted by Gasteiger charge is 2.24. The second-order valence-corrected chi connectivity index (χ2v) is 7.06. The van der Waals surface area contributed by atoms with E-state index in [9.17, 15) is 5.11 Å². The second-order valence-electron chi connectivity index (χ2n) is 7.06. The maximum Gasteiger partial charge on any atom is 0.191 e. The number of hydrogen-bond acceptors (Lipinski definition) is 3. The van der Waals surface area contributed by atoms with Crippen LogP contribution < -0.4 is 10.6 Å². The zero-order valence-electron chi connectivity index (χ0n) is 16.9. The minimum atomic E-state index is -1.06. The fourth-order valence-corrected chi connectivity index (χ4v) is 2.63. The highest BCUT2D eigenvalue weighted by molar-refractivity contribution is 14.0. The van der Waals surface area contributed by atoms with Gasteiger partial charge in [-0.25, -0.2) is 4.99 Å². The Hall–Kier alpha value is -1.61. The van der Waals surface area contributed by atoms with Crippen LogP contribution in [0.15, 0.2) is 41.7 Å². The molecule has 0 aliphatic heterocycles. The summed E-state index contributed by atoms with van der Waals surface area (Å²) in [6, 6.07) is 8.60. The number of hydrogen-bond donors (Lipinski definition) is 3. The van der Waals surface area contributed by atoms with Crippen molar-refractivity contribution in [3.8, 4) is 0 Å². The van der Waals surface area contributed by atoms with Crippen molar-refractivity contribution in [2.75, 3.05) is 19.6 Å². The molecule has 2 atom stereocenters. The molecule has 6 nitrogen and oxygen atoms in total. The minimum absolute atomic E-state index is 0. The lowest BCUT2D eigenvalue weighted by molar-refractivity contribution is 0.0672. The van der Waals surface area contributed by atoms with E-state index in [-0.39, 0.29) is 30.5 Å². The number of aryl methyl sites for hydroxylation is 2. The van der Waals surface area contributed by atoms with Crippen LogP contribution in [0.25, 0.3) is 0 Å². The third-order valence-electron chi connectivity index (χ3n) is 4.44. The summed E-state index contributed by atoms with van der Waals surface area (Å²) < 4.78 is 1.68. The van der Waals surface area contributed by atoms with Gasteiger partial charge in [-0.2, -0.15) is 5.10 Å². The van der Waals surface area contributed by atoms with Gasteiger partial charge in [0.05, 0.1) is 12.7 Å². The summed E-state index contributed by atoms with van der Waals surface area (Å²) in [4.78, 5) is 4.56. The van der Waals surface area contributed by atoms with Crippen molar-refractivity contribution in [1.29, 1.82) is 0 Å². The van der Waals surface area contributed by atoms with Gasteiger partial charge < -0.3 is 15.7 Å². The van der Waals surface area contributed by atoms with Crippen molar-refractivity contribution in [1.82, 2.24) is 20.4 Å². The van der Waals surface area contributed by atoms with Crippen LogP contribution in [-0.2, 0) is 12.6 Å². The molecule has 0 fully saturated rings. The lowest BCUT2D eigenvalue weighted by atomic mass is 10.00. The normalized spacial score (nSPS) is 14.8. The first kappa shape index (κ1) is 23.4. The SMILES string of the molecule is CCNC(=NCC(C)(O)c1cnn(C)c1)NCC(C)c1ccc(C)cc1.I. The van der Waals surface area contributed by atoms with E-state index in [2.05, 4.69) is 58.8 Å². The Morgan fingerprint density at radius 2 is 1.96 bits per heavy atom. The van der Waals surface area contributed by atoms with Crippen LogP contribution in [0.3, 0.4) is 0 Å². The molecule has 0 aliphatic carbocycles. The lowest BCUT2D eigenvalue weighted by Crippen LogP contribution is -2.40. The van der Waals surface area contributed by atoms with Gasteiger partial charge in [-0.1, -0.05) is 36.8 Å². The third-order valence-corrected chi connectivity index (χ3v) is 4.44. The summed E-state index contributed by atoms with van der Waals surface area (Å²) in [5, 5.41) is 21.4. The molecule has 1 aromatic heterocycles. The zero-order chi connectivity index (χ0) is 19.2. The molecule has 2 aromatic rings. The average molecular weight is 485 g/mol. The van der Waals surface area contributed by atoms with Crippen LogP contribution in [0.4, 0.5) is 0 Å². The molecule has 0 radical (unpaired) electrons. The number of aliphatic imine (C=N–C) groups is 1. The number of nitrogens with one attached hydrogen (secondary N) is 2. The quantitative estimate of drug-likeness (QED) is 0.321. The molecular weight excluding hydrogens is 453 g/mol. The second kappa shape index (κ2) is 10.7. The summed E-state index contributed by atoms with van der Waals surface area (Å²) in [7, 11) is 1.83. The molecular formula is C20H32IN5O. The first-order valence-electron chi connectivity index (χ1n) is 9.12. The number of aliphatic hydroxyl groups is 1. The summed E-state index contributed by atoms with van der Waals surface area (Å²) >= 11 is 0. The summed E-state index contributed by atoms with van der Waals surface area (Å²) in [6.07, 6.45) is 3.49. The van der Waals surface area contributed by atoms with Crippen molar-refractivity contribution in [2.45, 2.75) is 39.2 Å². The monoisotopic (exact) mass is 485 g/mol. The Morgan fingerprint density at radius 1 is 1.30 bits per heavy atom. The van der Waals surface area contributed by atoms with E-state index >= 15 is 0 Å². The van der Waals surface area contributed by atoms with Gasteiger partial charge in [0.25, 0.3) is 0 Å². The first-order chi connectivity index (χ1) is 12.3. The van der Waals surface area contributed by atoms with Crippen LogP contribution in [0.5, 0.6) is 0 Å². The van der Waals surface area contributed by atoms with Crippen LogP contribution in [-0.4, -0.2) is 40.5 Å². The highest BCUT2D eigenvalue weighted by Crippen LogP contribution is 2.20. The molecule has 0 spiro atoms. The molecule has 1 aromatic carbocycles. The smallest absolute Gasteiger partial charge is 0.191 e. The molecule has 0 saturated heterocycles. The number of nitrogens with zero attached hydrogens (tertiary/aromatic N) is 3. The first-order valence-corrected chi connectivity index (χ1v) is 9.12. The number of benzene rings is 1. The van der Waals surface area contributed by atoms with Gasteiger partial charge in [-0.05, 0) is 32.3 Å². The Kier molecular flexibility index (Phi) is 9.25. The standard InChI is InChI=1S/C20H31N5O.HI/c1-6-21-19(22-11-16(3)17-9-7-15(2)8-10-17)23-14-20(4,26)18-12-24-25(5)13-18;/h7-10,12-13,16,26H,6,11,14H2,1-5H3,(H2,21,22,23);1H. The van der Waals surface area contributed by atoms with Crippen LogP contribution >= 0.6 is 24.0 Å². The van der Waals surface area contributed by atoms with E-state index < -0.39 is 5.60 Å². The van der Waals surface area contributed by atoms with Crippen molar-refractivity contribution in [2.24, 2.45) is 12.0 Å². The third kappa shape index (κ3) is 7.14. The van der Waals surface area contributed by atoms with Gasteiger partial charge in [0, 0.05) is 31.9 Å². The van der Waals surface area contributed by atoms with E-state index in [4.69, 9.17) is 0 Å². The topological polar surface area (TPSA) is 74.5 Å². The Morgan fingerprint density at radius 3 is 2.52 bits per heavy atom. The predicted octanol–water partition coefficient (Wildman–Crippen LogP) is 2.91. The molecule has 2 unspecified atom stereocenters. The van der Waals surface area contributed by atoms with Gasteiger partial charge in [-0.15, -0.1) is 24.0 Å². The maximum absolute atomic E-state index is 10.7. The van der Waals surface area contributed by atoms with Crippen molar-refractivity contribution in [3.63, 3.8) is 0 Å². The van der Waals surface area contributed by atoms with Gasteiger partial charge in [0.2, 0.25) is 0 Å². The van der Waals surface area contributed by atoms with Crippen LogP contribution in [0, 0.1) is 6.92 Å². The van der Waals surface area contributed by atoms with E-state index in [1.165, 1.54) is 11.1 Å². The molecule has 2 rings (SSSR count). The summed E-state index contributed by atoms with van der Waals surface area (Å²) in [6.45, 7) is 9.85. The van der Waals surface area contributed by atoms with Crippen LogP contribution in [0.2, 0.25) is 0 Å². The summed E-state index contributed by atoms with van der Waals surface area (Å²) in [5.41, 5.74) is 2.26. The van der Waals surface area contributed by atoms with Gasteiger partial charge in [0.1, 0.15) is 5.60 Å². The predicted molar refractivity (Wildman–Crippen MR) is 122 cm³/mol. The van der Waals surface area contributed by atoms with Crippen molar-refractivity contribution >= 4 is 29.9 Å². The molecule has 3 N–H and O–H groups in total.